The van der Waals surface area contributed by atoms with Gasteiger partial charge in [-0.1, -0.05) is 98.4 Å². The van der Waals surface area contributed by atoms with Crippen LogP contribution in [0.25, 0.3) is 0 Å². The van der Waals surface area contributed by atoms with Crippen LogP contribution in [-0.4, -0.2) is 12.7 Å². The predicted molar refractivity (Wildman–Crippen MR) is 107 cm³/mol. The van der Waals surface area contributed by atoms with E-state index in [0.717, 1.165) is 19.3 Å². The topological polar surface area (TPSA) is 9.23 Å². The van der Waals surface area contributed by atoms with E-state index in [-0.39, 0.29) is 13.0 Å². The third-order valence-electron chi connectivity index (χ3n) is 4.54. The monoisotopic (exact) mass is 332 g/mol. The van der Waals surface area contributed by atoms with Crippen molar-refractivity contribution in [1.29, 1.82) is 0 Å². The molecule has 130 valence electrons. The summed E-state index contributed by atoms with van der Waals surface area (Å²) < 4.78 is 6.15. The summed E-state index contributed by atoms with van der Waals surface area (Å²) in [6, 6.07) is 31.9. The summed E-state index contributed by atoms with van der Waals surface area (Å²) in [6.45, 7) is 0. The Hall–Kier alpha value is -2.38. The van der Waals surface area contributed by atoms with E-state index in [4.69, 9.17) is 4.74 Å². The van der Waals surface area contributed by atoms with E-state index >= 15 is 0 Å². The minimum atomic E-state index is -0.246. The van der Waals surface area contributed by atoms with Gasteiger partial charge in [0.1, 0.15) is 0 Å². The van der Waals surface area contributed by atoms with Crippen LogP contribution in [0.1, 0.15) is 24.1 Å². The maximum atomic E-state index is 6.15. The minimum absolute atomic E-state index is 0. The Morgan fingerprint density at radius 2 is 0.840 bits per heavy atom. The van der Waals surface area contributed by atoms with Crippen molar-refractivity contribution in [2.24, 2.45) is 0 Å². The van der Waals surface area contributed by atoms with Crippen LogP contribution in [-0.2, 0) is 24.0 Å². The fourth-order valence-corrected chi connectivity index (χ4v) is 3.31. The summed E-state index contributed by atoms with van der Waals surface area (Å²) in [5.74, 6) is 0. The second kappa shape index (κ2) is 9.19. The average Bonchev–Trinajstić information content (AvgIpc) is 2.64. The highest BCUT2D eigenvalue weighted by atomic mass is 16.5. The molecule has 0 aliphatic heterocycles. The molecular weight excluding hydrogens is 304 g/mol. The van der Waals surface area contributed by atoms with Crippen molar-refractivity contribution in [2.75, 3.05) is 7.11 Å². The van der Waals surface area contributed by atoms with E-state index in [0.29, 0.717) is 0 Å². The van der Waals surface area contributed by atoms with Gasteiger partial charge in [0.15, 0.2) is 0 Å². The molecule has 25 heavy (non-hydrogen) atoms. The first-order valence-corrected chi connectivity index (χ1v) is 8.47. The molecule has 0 aliphatic carbocycles. The number of ether oxygens (including phenoxy) is 1. The normalized spacial score (nSPS) is 10.9. The first-order valence-electron chi connectivity index (χ1n) is 8.47. The van der Waals surface area contributed by atoms with E-state index in [2.05, 4.69) is 91.0 Å². The van der Waals surface area contributed by atoms with Gasteiger partial charge in [0.05, 0.1) is 5.60 Å². The van der Waals surface area contributed by atoms with Crippen LogP contribution < -0.4 is 0 Å². The molecule has 1 heteroatoms. The van der Waals surface area contributed by atoms with Crippen molar-refractivity contribution in [2.45, 2.75) is 32.3 Å². The highest BCUT2D eigenvalue weighted by molar-refractivity contribution is 5.25. The maximum Gasteiger partial charge on any atom is 0.0799 e. The summed E-state index contributed by atoms with van der Waals surface area (Å²) in [7, 11) is 1.84. The average molecular weight is 332 g/mol. The number of methoxy groups -OCH3 is 1. The minimum Gasteiger partial charge on any atom is -0.377 e. The molecule has 3 aromatic carbocycles. The molecule has 0 spiro atoms. The molecule has 0 amide bonds. The Morgan fingerprint density at radius 1 is 0.560 bits per heavy atom. The molecule has 0 saturated heterocycles. The van der Waals surface area contributed by atoms with Gasteiger partial charge in [-0.15, -0.1) is 0 Å². The van der Waals surface area contributed by atoms with Gasteiger partial charge in [0, 0.05) is 26.4 Å². The lowest BCUT2D eigenvalue weighted by molar-refractivity contribution is -0.00950. The van der Waals surface area contributed by atoms with Crippen molar-refractivity contribution < 1.29 is 4.74 Å². The summed E-state index contributed by atoms with van der Waals surface area (Å²) in [5.41, 5.74) is 3.69. The van der Waals surface area contributed by atoms with Gasteiger partial charge in [-0.2, -0.15) is 0 Å². The zero-order valence-corrected chi connectivity index (χ0v) is 14.2. The highest BCUT2D eigenvalue weighted by Gasteiger charge is 2.31. The number of rotatable bonds is 7. The zero-order chi connectivity index (χ0) is 16.7. The van der Waals surface area contributed by atoms with Crippen LogP contribution >= 0.6 is 0 Å². The Morgan fingerprint density at radius 3 is 1.08 bits per heavy atom. The molecule has 0 atom stereocenters. The molecule has 1 nitrogen and oxygen atoms in total. The van der Waals surface area contributed by atoms with E-state index in [1.54, 1.807) is 0 Å². The van der Waals surface area contributed by atoms with E-state index < -0.39 is 0 Å². The molecule has 0 aliphatic rings. The lowest BCUT2D eigenvalue weighted by atomic mass is 9.82. The number of hydrogen-bond donors (Lipinski definition) is 0. The fourth-order valence-electron chi connectivity index (χ4n) is 3.31. The fraction of sp³-hybridized carbons (Fsp3) is 0.250. The molecule has 0 saturated carbocycles. The third kappa shape index (κ3) is 5.30. The van der Waals surface area contributed by atoms with Crippen LogP contribution in [0.4, 0.5) is 0 Å². The Bertz CT molecular complexity index is 618. The second-order valence-electron chi connectivity index (χ2n) is 6.37. The van der Waals surface area contributed by atoms with Gasteiger partial charge in [-0.05, 0) is 16.7 Å². The van der Waals surface area contributed by atoms with Gasteiger partial charge in [0.2, 0.25) is 0 Å². The SMILES string of the molecule is C.COC(Cc1ccccc1)(Cc1ccccc1)Cc1ccccc1. The second-order valence-corrected chi connectivity index (χ2v) is 6.37. The molecule has 3 rings (SSSR count). The lowest BCUT2D eigenvalue weighted by Gasteiger charge is -2.33. The standard InChI is InChI=1S/C23H24O.CH4/c1-24-23(17-20-11-5-2-6-12-20,18-21-13-7-3-8-14-21)19-22-15-9-4-10-16-22;/h2-16H,17-19H2,1H3;1H4. The summed E-state index contributed by atoms with van der Waals surface area (Å²) in [5, 5.41) is 0. The van der Waals surface area contributed by atoms with Crippen molar-refractivity contribution in [1.82, 2.24) is 0 Å². The van der Waals surface area contributed by atoms with Gasteiger partial charge in [-0.25, -0.2) is 0 Å². The molecule has 0 unspecified atom stereocenters. The van der Waals surface area contributed by atoms with Gasteiger partial charge < -0.3 is 4.74 Å². The Kier molecular flexibility index (Phi) is 6.97. The first-order chi connectivity index (χ1) is 11.8. The largest absolute Gasteiger partial charge is 0.377 e. The van der Waals surface area contributed by atoms with Crippen LogP contribution in [0.3, 0.4) is 0 Å². The summed E-state index contributed by atoms with van der Waals surface area (Å²) in [4.78, 5) is 0. The third-order valence-corrected chi connectivity index (χ3v) is 4.54. The van der Waals surface area contributed by atoms with E-state index in [1.165, 1.54) is 16.7 Å². The lowest BCUT2D eigenvalue weighted by Crippen LogP contribution is -2.39. The molecule has 0 radical (unpaired) electrons. The molecule has 3 aromatic rings. The van der Waals surface area contributed by atoms with E-state index in [1.807, 2.05) is 7.11 Å². The molecule has 0 bridgehead atoms. The van der Waals surface area contributed by atoms with Crippen LogP contribution in [0.2, 0.25) is 0 Å². The summed E-state index contributed by atoms with van der Waals surface area (Å²) >= 11 is 0. The number of hydrogen-bond acceptors (Lipinski definition) is 1. The predicted octanol–water partition coefficient (Wildman–Crippen LogP) is 5.74. The maximum absolute atomic E-state index is 6.15. The van der Waals surface area contributed by atoms with Gasteiger partial charge in [-0.3, -0.25) is 0 Å². The molecule has 0 aromatic heterocycles. The zero-order valence-electron chi connectivity index (χ0n) is 14.2. The molecule has 0 N–H and O–H groups in total. The van der Waals surface area contributed by atoms with Crippen LogP contribution in [0.5, 0.6) is 0 Å². The Balaban J connectivity index is 0.00000225. The van der Waals surface area contributed by atoms with Crippen molar-refractivity contribution >= 4 is 0 Å². The highest BCUT2D eigenvalue weighted by Crippen LogP contribution is 2.27. The number of benzene rings is 3. The van der Waals surface area contributed by atoms with Crippen LogP contribution in [0.15, 0.2) is 91.0 Å². The van der Waals surface area contributed by atoms with Gasteiger partial charge in [0.25, 0.3) is 0 Å². The van der Waals surface area contributed by atoms with Gasteiger partial charge >= 0.3 is 0 Å². The van der Waals surface area contributed by atoms with Crippen molar-refractivity contribution in [3.63, 3.8) is 0 Å². The Labute approximate surface area is 152 Å². The smallest absolute Gasteiger partial charge is 0.0799 e. The molecule has 0 fully saturated rings. The first kappa shape index (κ1) is 19.0. The quantitative estimate of drug-likeness (QED) is 0.536. The molecule has 0 heterocycles. The van der Waals surface area contributed by atoms with E-state index in [9.17, 15) is 0 Å². The molecular formula is C24H28O. The summed E-state index contributed by atoms with van der Waals surface area (Å²) in [6.07, 6.45) is 2.69. The van der Waals surface area contributed by atoms with Crippen molar-refractivity contribution in [3.05, 3.63) is 108 Å². The van der Waals surface area contributed by atoms with Crippen molar-refractivity contribution in [3.8, 4) is 0 Å². The van der Waals surface area contributed by atoms with Crippen LogP contribution in [0, 0.1) is 0 Å².